The molecule has 1 aliphatic carbocycles. The molecule has 1 aromatic rings. The van der Waals surface area contributed by atoms with Crippen molar-refractivity contribution < 1.29 is 19.8 Å². The highest BCUT2D eigenvalue weighted by atomic mass is 16.4. The van der Waals surface area contributed by atoms with Crippen LogP contribution in [0, 0.1) is 0 Å². The maximum Gasteiger partial charge on any atom is 0.322 e. The SMILES string of the molecule is O=C(O)CNC(=O)c1cc(C2CC=CC=C2O)[nH]n1. The first-order valence-corrected chi connectivity index (χ1v) is 5.69. The van der Waals surface area contributed by atoms with E-state index in [4.69, 9.17) is 5.11 Å². The van der Waals surface area contributed by atoms with E-state index in [0.717, 1.165) is 0 Å². The van der Waals surface area contributed by atoms with E-state index in [9.17, 15) is 14.7 Å². The summed E-state index contributed by atoms with van der Waals surface area (Å²) in [6, 6.07) is 1.51. The van der Waals surface area contributed by atoms with Crippen molar-refractivity contribution in [3.8, 4) is 0 Å². The van der Waals surface area contributed by atoms with Crippen LogP contribution in [0.5, 0.6) is 0 Å². The van der Waals surface area contributed by atoms with Gasteiger partial charge in [0.05, 0.1) is 5.92 Å². The summed E-state index contributed by atoms with van der Waals surface area (Å²) in [5.41, 5.74) is 0.706. The Bertz CT molecular complexity index is 559. The monoisotopic (exact) mass is 263 g/mol. The summed E-state index contributed by atoms with van der Waals surface area (Å²) in [4.78, 5) is 21.9. The van der Waals surface area contributed by atoms with Crippen molar-refractivity contribution in [1.29, 1.82) is 0 Å². The lowest BCUT2D eigenvalue weighted by Gasteiger charge is -2.14. The Balaban J connectivity index is 2.07. The van der Waals surface area contributed by atoms with Crippen LogP contribution in [0.1, 0.15) is 28.5 Å². The summed E-state index contributed by atoms with van der Waals surface area (Å²) >= 11 is 0. The third kappa shape index (κ3) is 3.01. The molecule has 0 aromatic carbocycles. The van der Waals surface area contributed by atoms with Crippen molar-refractivity contribution in [2.75, 3.05) is 6.54 Å². The van der Waals surface area contributed by atoms with E-state index >= 15 is 0 Å². The Morgan fingerprint density at radius 2 is 2.32 bits per heavy atom. The minimum absolute atomic E-state index is 0.0959. The number of aliphatic hydroxyl groups is 1. The summed E-state index contributed by atoms with van der Waals surface area (Å²) in [5, 5.41) is 26.9. The molecule has 2 rings (SSSR count). The molecular weight excluding hydrogens is 250 g/mol. The van der Waals surface area contributed by atoms with Crippen molar-refractivity contribution in [1.82, 2.24) is 15.5 Å². The van der Waals surface area contributed by atoms with E-state index < -0.39 is 18.4 Å². The lowest BCUT2D eigenvalue weighted by molar-refractivity contribution is -0.135. The van der Waals surface area contributed by atoms with Gasteiger partial charge in [-0.3, -0.25) is 14.7 Å². The minimum atomic E-state index is -1.12. The summed E-state index contributed by atoms with van der Waals surface area (Å²) in [7, 11) is 0. The van der Waals surface area contributed by atoms with Crippen LogP contribution in [-0.2, 0) is 4.79 Å². The van der Waals surface area contributed by atoms with Gasteiger partial charge >= 0.3 is 5.97 Å². The maximum absolute atomic E-state index is 11.6. The standard InChI is InChI=1S/C12H13N3O4/c16-10-4-2-1-3-7(10)8-5-9(15-14-8)12(19)13-6-11(17)18/h1-2,4-5,7,16H,3,6H2,(H,13,19)(H,14,15)(H,17,18). The van der Waals surface area contributed by atoms with Crippen LogP contribution in [0.25, 0.3) is 0 Å². The average Bonchev–Trinajstić information content (AvgIpc) is 2.86. The number of allylic oxidation sites excluding steroid dienone is 4. The van der Waals surface area contributed by atoms with Gasteiger partial charge in [0.15, 0.2) is 0 Å². The van der Waals surface area contributed by atoms with Crippen molar-refractivity contribution >= 4 is 11.9 Å². The molecule has 100 valence electrons. The molecule has 0 saturated heterocycles. The van der Waals surface area contributed by atoms with Crippen molar-refractivity contribution in [3.05, 3.63) is 41.4 Å². The topological polar surface area (TPSA) is 115 Å². The molecule has 0 aliphatic heterocycles. The Morgan fingerprint density at radius 1 is 1.53 bits per heavy atom. The van der Waals surface area contributed by atoms with E-state index in [1.54, 1.807) is 12.2 Å². The number of carbonyl (C=O) groups excluding carboxylic acids is 1. The molecule has 1 aliphatic rings. The number of rotatable bonds is 4. The fourth-order valence-electron chi connectivity index (χ4n) is 1.78. The van der Waals surface area contributed by atoms with Gasteiger partial charge in [0.25, 0.3) is 5.91 Å². The van der Waals surface area contributed by atoms with Gasteiger partial charge in [-0.15, -0.1) is 0 Å². The molecule has 1 unspecified atom stereocenters. The van der Waals surface area contributed by atoms with E-state index in [-0.39, 0.29) is 17.4 Å². The third-order valence-corrected chi connectivity index (χ3v) is 2.74. The lowest BCUT2D eigenvalue weighted by atomic mass is 9.95. The van der Waals surface area contributed by atoms with Gasteiger partial charge in [-0.2, -0.15) is 5.10 Å². The first kappa shape index (κ1) is 12.9. The Labute approximate surface area is 108 Å². The van der Waals surface area contributed by atoms with Gasteiger partial charge in [-0.05, 0) is 18.6 Å². The van der Waals surface area contributed by atoms with Crippen LogP contribution in [-0.4, -0.2) is 38.8 Å². The molecule has 0 fully saturated rings. The van der Waals surface area contributed by atoms with Gasteiger partial charge in [0.1, 0.15) is 18.0 Å². The molecular formula is C12H13N3O4. The summed E-state index contributed by atoms with van der Waals surface area (Å²) < 4.78 is 0. The zero-order valence-corrected chi connectivity index (χ0v) is 9.96. The second-order valence-electron chi connectivity index (χ2n) is 4.09. The molecule has 1 aromatic heterocycles. The fourth-order valence-corrected chi connectivity index (χ4v) is 1.78. The van der Waals surface area contributed by atoms with E-state index in [2.05, 4.69) is 15.5 Å². The summed E-state index contributed by atoms with van der Waals surface area (Å²) in [6.45, 7) is -0.460. The van der Waals surface area contributed by atoms with Gasteiger partial charge < -0.3 is 15.5 Å². The second kappa shape index (κ2) is 5.38. The number of aromatic amines is 1. The molecule has 19 heavy (non-hydrogen) atoms. The zero-order valence-electron chi connectivity index (χ0n) is 9.96. The molecule has 0 radical (unpaired) electrons. The number of hydrogen-bond donors (Lipinski definition) is 4. The van der Waals surface area contributed by atoms with E-state index in [1.807, 2.05) is 6.08 Å². The van der Waals surface area contributed by atoms with Crippen molar-refractivity contribution in [2.24, 2.45) is 0 Å². The van der Waals surface area contributed by atoms with Crippen molar-refractivity contribution in [2.45, 2.75) is 12.3 Å². The number of carboxylic acid groups (broad SMARTS) is 1. The van der Waals surface area contributed by atoms with E-state index in [0.29, 0.717) is 12.1 Å². The highest BCUT2D eigenvalue weighted by Gasteiger charge is 2.21. The first-order chi connectivity index (χ1) is 9.08. The molecule has 0 bridgehead atoms. The average molecular weight is 263 g/mol. The first-order valence-electron chi connectivity index (χ1n) is 5.69. The smallest absolute Gasteiger partial charge is 0.322 e. The minimum Gasteiger partial charge on any atom is -0.512 e. The van der Waals surface area contributed by atoms with Crippen LogP contribution in [0.15, 0.2) is 30.1 Å². The molecule has 4 N–H and O–H groups in total. The predicted octanol–water partition coefficient (Wildman–Crippen LogP) is 0.709. The molecule has 0 saturated carbocycles. The largest absolute Gasteiger partial charge is 0.512 e. The molecule has 7 heteroatoms. The fraction of sp³-hybridized carbons (Fsp3) is 0.250. The number of H-pyrrole nitrogens is 1. The Hall–Kier alpha value is -2.57. The number of aliphatic carboxylic acids is 1. The number of amides is 1. The number of aliphatic hydroxyl groups excluding tert-OH is 1. The number of carboxylic acids is 1. The van der Waals surface area contributed by atoms with Crippen LogP contribution < -0.4 is 5.32 Å². The van der Waals surface area contributed by atoms with Gasteiger partial charge in [-0.1, -0.05) is 12.2 Å². The number of hydrogen-bond acceptors (Lipinski definition) is 4. The number of carbonyl (C=O) groups is 2. The number of nitrogens with zero attached hydrogens (tertiary/aromatic N) is 1. The molecule has 1 amide bonds. The second-order valence-corrected chi connectivity index (χ2v) is 4.09. The predicted molar refractivity (Wildman–Crippen MR) is 65.8 cm³/mol. The van der Waals surface area contributed by atoms with Crippen LogP contribution in [0.4, 0.5) is 0 Å². The van der Waals surface area contributed by atoms with Crippen LogP contribution in [0.2, 0.25) is 0 Å². The zero-order chi connectivity index (χ0) is 13.8. The Morgan fingerprint density at radius 3 is 3.00 bits per heavy atom. The quantitative estimate of drug-likeness (QED) is 0.638. The number of aromatic nitrogens is 2. The van der Waals surface area contributed by atoms with E-state index in [1.165, 1.54) is 6.07 Å². The normalized spacial score (nSPS) is 17.9. The van der Waals surface area contributed by atoms with Crippen LogP contribution in [0.3, 0.4) is 0 Å². The van der Waals surface area contributed by atoms with Gasteiger partial charge in [0, 0.05) is 5.69 Å². The van der Waals surface area contributed by atoms with Crippen molar-refractivity contribution in [3.63, 3.8) is 0 Å². The maximum atomic E-state index is 11.6. The summed E-state index contributed by atoms with van der Waals surface area (Å²) in [5.74, 6) is -1.75. The summed E-state index contributed by atoms with van der Waals surface area (Å²) in [6.07, 6.45) is 5.85. The lowest BCUT2D eigenvalue weighted by Crippen LogP contribution is -2.29. The molecule has 1 heterocycles. The molecule has 0 spiro atoms. The van der Waals surface area contributed by atoms with Crippen LogP contribution >= 0.6 is 0 Å². The molecule has 1 atom stereocenters. The van der Waals surface area contributed by atoms with Gasteiger partial charge in [-0.25, -0.2) is 0 Å². The number of nitrogens with one attached hydrogen (secondary N) is 2. The van der Waals surface area contributed by atoms with Gasteiger partial charge in [0.2, 0.25) is 0 Å². The highest BCUT2D eigenvalue weighted by Crippen LogP contribution is 2.28. The highest BCUT2D eigenvalue weighted by molar-refractivity contribution is 5.94. The Kier molecular flexibility index (Phi) is 3.65. The third-order valence-electron chi connectivity index (χ3n) is 2.74. The molecule has 7 nitrogen and oxygen atoms in total.